The summed E-state index contributed by atoms with van der Waals surface area (Å²) in [4.78, 5) is 89.3. The summed E-state index contributed by atoms with van der Waals surface area (Å²) in [6.07, 6.45) is 6.63. The van der Waals surface area contributed by atoms with E-state index in [1.165, 1.54) is 4.90 Å². The van der Waals surface area contributed by atoms with Crippen LogP contribution in [0.4, 0.5) is 0 Å². The normalized spacial score (nSPS) is 18.9. The fourth-order valence-electron chi connectivity index (χ4n) is 9.37. The summed E-state index contributed by atoms with van der Waals surface area (Å²) in [7, 11) is 1.66. The highest BCUT2D eigenvalue weighted by molar-refractivity contribution is 6.26. The Morgan fingerprint density at radius 3 is 1.83 bits per heavy atom. The second-order valence-corrected chi connectivity index (χ2v) is 17.3. The zero-order valence-corrected chi connectivity index (χ0v) is 36.6. The first kappa shape index (κ1) is 48.7. The van der Waals surface area contributed by atoms with Gasteiger partial charge in [0.05, 0.1) is 30.2 Å². The molecule has 2 fully saturated rings. The standard InChI is InChI=1S/C49H67N7O7/c1-53-40(31-35-21-10-4-11-22-35)46(60)54-39(25-14-15-27-50)47(61)56-28-16-26-41(56)44(58)49(48(62)63,43(57)37(51)29-33-17-6-2-7-18-33)42(32-36-23-12-5-13-24-36)55-45(59)38(52)30-34-19-8-3-9-20-34/h3-5,8-13,19-24,33,37-42,53H,2,6-7,14-18,25-32,50-52H2,1H3,(H,54,60)(H,55,59)(H,62,63)/t37-,38+,39+,40+,41+,42-,49?/m1/s1. The number of Topliss-reactive ketones (excluding diaryl/α,β-unsaturated/α-hetero) is 2. The predicted molar refractivity (Wildman–Crippen MR) is 242 cm³/mol. The maximum absolute atomic E-state index is 15.7. The largest absolute Gasteiger partial charge is 0.480 e. The zero-order valence-electron chi connectivity index (χ0n) is 36.6. The lowest BCUT2D eigenvalue weighted by molar-refractivity contribution is -0.166. The molecular formula is C49H67N7O7. The third-order valence-electron chi connectivity index (χ3n) is 12.9. The van der Waals surface area contributed by atoms with Crippen LogP contribution in [-0.2, 0) is 48.0 Å². The van der Waals surface area contributed by atoms with E-state index in [9.17, 15) is 24.3 Å². The Labute approximate surface area is 371 Å². The Kier molecular flexibility index (Phi) is 18.5. The summed E-state index contributed by atoms with van der Waals surface area (Å²) in [6.45, 7) is 0.439. The van der Waals surface area contributed by atoms with Crippen LogP contribution in [0.25, 0.3) is 0 Å². The molecule has 1 aliphatic carbocycles. The molecule has 7 atom stereocenters. The van der Waals surface area contributed by atoms with E-state index < -0.39 is 76.9 Å². The van der Waals surface area contributed by atoms with Crippen molar-refractivity contribution in [2.45, 2.75) is 126 Å². The van der Waals surface area contributed by atoms with E-state index in [-0.39, 0.29) is 44.6 Å². The van der Waals surface area contributed by atoms with Crippen LogP contribution >= 0.6 is 0 Å². The average molecular weight is 866 g/mol. The molecule has 0 aromatic heterocycles. The number of rotatable bonds is 24. The Morgan fingerprint density at radius 2 is 1.27 bits per heavy atom. The van der Waals surface area contributed by atoms with Gasteiger partial charge in [-0.2, -0.15) is 0 Å². The summed E-state index contributed by atoms with van der Waals surface area (Å²) >= 11 is 0. The van der Waals surface area contributed by atoms with E-state index in [1.807, 2.05) is 60.7 Å². The molecular weight excluding hydrogens is 799 g/mol. The molecule has 1 aliphatic heterocycles. The first-order valence-electron chi connectivity index (χ1n) is 22.6. The molecule has 1 heterocycles. The van der Waals surface area contributed by atoms with E-state index in [4.69, 9.17) is 17.2 Å². The van der Waals surface area contributed by atoms with Gasteiger partial charge in [0, 0.05) is 6.54 Å². The molecule has 3 amide bonds. The number of carbonyl (C=O) groups excluding carboxylic acids is 5. The molecule has 3 aromatic rings. The van der Waals surface area contributed by atoms with Gasteiger partial charge in [-0.15, -0.1) is 0 Å². The Morgan fingerprint density at radius 1 is 0.698 bits per heavy atom. The van der Waals surface area contributed by atoms with Gasteiger partial charge in [-0.25, -0.2) is 0 Å². The summed E-state index contributed by atoms with van der Waals surface area (Å²) in [5.74, 6) is -5.51. The number of likely N-dealkylation sites (N-methyl/N-ethyl adjacent to an activating group) is 1. The number of nitrogens with one attached hydrogen (secondary N) is 3. The highest BCUT2D eigenvalue weighted by Crippen LogP contribution is 2.37. The van der Waals surface area contributed by atoms with Gasteiger partial charge in [0.2, 0.25) is 23.1 Å². The molecule has 340 valence electrons. The van der Waals surface area contributed by atoms with E-state index in [1.54, 1.807) is 37.4 Å². The first-order valence-corrected chi connectivity index (χ1v) is 22.6. The maximum Gasteiger partial charge on any atom is 0.327 e. The first-order chi connectivity index (χ1) is 30.4. The van der Waals surface area contributed by atoms with Gasteiger partial charge in [-0.1, -0.05) is 123 Å². The van der Waals surface area contributed by atoms with Gasteiger partial charge in [0.1, 0.15) is 6.04 Å². The van der Waals surface area contributed by atoms with Crippen LogP contribution in [0.1, 0.15) is 87.3 Å². The highest BCUT2D eigenvalue weighted by Gasteiger charge is 2.63. The number of nitrogens with zero attached hydrogens (tertiary/aromatic N) is 1. The van der Waals surface area contributed by atoms with E-state index >= 15 is 9.59 Å². The lowest BCUT2D eigenvalue weighted by Crippen LogP contribution is -2.69. The van der Waals surface area contributed by atoms with Crippen LogP contribution in [0.5, 0.6) is 0 Å². The van der Waals surface area contributed by atoms with Crippen molar-refractivity contribution < 1.29 is 33.9 Å². The molecule has 1 unspecified atom stereocenters. The van der Waals surface area contributed by atoms with Crippen LogP contribution in [0.2, 0.25) is 0 Å². The second-order valence-electron chi connectivity index (χ2n) is 17.3. The Bertz CT molecular complexity index is 1960. The van der Waals surface area contributed by atoms with E-state index in [0.29, 0.717) is 37.8 Å². The smallest absolute Gasteiger partial charge is 0.327 e. The van der Waals surface area contributed by atoms with Crippen molar-refractivity contribution in [1.82, 2.24) is 20.9 Å². The van der Waals surface area contributed by atoms with Crippen LogP contribution < -0.4 is 33.2 Å². The van der Waals surface area contributed by atoms with Gasteiger partial charge in [0.25, 0.3) is 0 Å². The lowest BCUT2D eigenvalue weighted by atomic mass is 9.65. The minimum atomic E-state index is -2.93. The predicted octanol–water partition coefficient (Wildman–Crippen LogP) is 3.23. The number of likely N-dealkylation sites (tertiary alicyclic amines) is 1. The molecule has 1 saturated heterocycles. The Hall–Kier alpha value is -5.28. The van der Waals surface area contributed by atoms with E-state index in [2.05, 4.69) is 16.0 Å². The molecule has 0 radical (unpaired) electrons. The van der Waals surface area contributed by atoms with Crippen molar-refractivity contribution in [2.24, 2.45) is 28.5 Å². The summed E-state index contributed by atoms with van der Waals surface area (Å²) in [6, 6.07) is 19.9. The van der Waals surface area contributed by atoms with Crippen molar-refractivity contribution in [2.75, 3.05) is 20.1 Å². The van der Waals surface area contributed by atoms with Gasteiger partial charge < -0.3 is 43.2 Å². The number of amides is 3. The number of aliphatic carboxylic acids is 1. The number of hydrogen-bond donors (Lipinski definition) is 7. The molecule has 3 aromatic carbocycles. The second kappa shape index (κ2) is 24.0. The number of carbonyl (C=O) groups is 6. The fraction of sp³-hybridized carbons (Fsp3) is 0.510. The molecule has 2 aliphatic rings. The van der Waals surface area contributed by atoms with Gasteiger partial charge in [-0.05, 0) is 94.0 Å². The maximum atomic E-state index is 15.7. The van der Waals surface area contributed by atoms with Crippen LogP contribution in [0, 0.1) is 11.3 Å². The van der Waals surface area contributed by atoms with Crippen molar-refractivity contribution in [1.29, 1.82) is 0 Å². The van der Waals surface area contributed by atoms with Crippen LogP contribution in [-0.4, -0.2) is 102 Å². The van der Waals surface area contributed by atoms with Crippen molar-refractivity contribution in [3.8, 4) is 0 Å². The molecule has 14 heteroatoms. The van der Waals surface area contributed by atoms with Crippen LogP contribution in [0.15, 0.2) is 91.0 Å². The molecule has 14 nitrogen and oxygen atoms in total. The van der Waals surface area contributed by atoms with Crippen LogP contribution in [0.3, 0.4) is 0 Å². The van der Waals surface area contributed by atoms with Gasteiger partial charge >= 0.3 is 5.97 Å². The summed E-state index contributed by atoms with van der Waals surface area (Å²) in [5.41, 5.74) is 18.4. The molecule has 0 spiro atoms. The molecule has 1 saturated carbocycles. The monoisotopic (exact) mass is 866 g/mol. The molecule has 10 N–H and O–H groups in total. The number of nitrogens with two attached hydrogens (primary N) is 3. The van der Waals surface area contributed by atoms with E-state index in [0.717, 1.165) is 43.2 Å². The topological polar surface area (TPSA) is 240 Å². The number of unbranched alkanes of at least 4 members (excludes halogenated alkanes) is 1. The van der Waals surface area contributed by atoms with Gasteiger partial charge in [0.15, 0.2) is 11.6 Å². The third-order valence-corrected chi connectivity index (χ3v) is 12.9. The number of hydrogen-bond acceptors (Lipinski definition) is 10. The number of ketones is 2. The lowest BCUT2D eigenvalue weighted by Gasteiger charge is -2.41. The minimum Gasteiger partial charge on any atom is -0.480 e. The molecule has 5 rings (SSSR count). The summed E-state index contributed by atoms with van der Waals surface area (Å²) in [5, 5.41) is 20.3. The third kappa shape index (κ3) is 12.7. The highest BCUT2D eigenvalue weighted by atomic mass is 16.4. The van der Waals surface area contributed by atoms with Crippen molar-refractivity contribution in [3.63, 3.8) is 0 Å². The Balaban J connectivity index is 1.54. The average Bonchev–Trinajstić information content (AvgIpc) is 3.79. The SMILES string of the molecule is CN[C@@H](Cc1ccccc1)C(=O)N[C@@H](CCCCN)C(=O)N1CCC[C@H]1C(=O)C(C(=O)O)(C(=O)[C@H](N)CC1CCCCC1)[C@@H](Cc1ccccc1)NC(=O)[C@@H](N)Cc1ccccc1. The quantitative estimate of drug-likeness (QED) is 0.0510. The number of carboxylic acid groups (broad SMARTS) is 1. The zero-order chi connectivity index (χ0) is 45.4. The molecule has 63 heavy (non-hydrogen) atoms. The molecule has 0 bridgehead atoms. The van der Waals surface area contributed by atoms with Gasteiger partial charge in [-0.3, -0.25) is 28.8 Å². The van der Waals surface area contributed by atoms with Crippen molar-refractivity contribution in [3.05, 3.63) is 108 Å². The minimum absolute atomic E-state index is 0.0477. The summed E-state index contributed by atoms with van der Waals surface area (Å²) < 4.78 is 0. The fourth-order valence-corrected chi connectivity index (χ4v) is 9.37. The number of benzene rings is 3. The number of carboxylic acids is 1. The van der Waals surface area contributed by atoms with Crippen molar-refractivity contribution >= 4 is 35.3 Å².